The van der Waals surface area contributed by atoms with Crippen LogP contribution in [0, 0.1) is 23.7 Å². The fourth-order valence-electron chi connectivity index (χ4n) is 6.03. The zero-order valence-electron chi connectivity index (χ0n) is 19.0. The first kappa shape index (κ1) is 23.4. The van der Waals surface area contributed by atoms with Crippen LogP contribution < -0.4 is 10.6 Å². The van der Waals surface area contributed by atoms with Crippen LogP contribution in [0.2, 0.25) is 0 Å². The first-order valence-electron chi connectivity index (χ1n) is 11.3. The quantitative estimate of drug-likeness (QED) is 0.531. The van der Waals surface area contributed by atoms with Crippen LogP contribution in [0.25, 0.3) is 0 Å². The second-order valence-corrected chi connectivity index (χ2v) is 11.2. The van der Waals surface area contributed by atoms with Crippen molar-refractivity contribution >= 4 is 29.5 Å². The molecule has 2 bridgehead atoms. The summed E-state index contributed by atoms with van der Waals surface area (Å²) in [7, 11) is 1.60. The maximum absolute atomic E-state index is 13.8. The summed E-state index contributed by atoms with van der Waals surface area (Å²) in [5.41, 5.74) is 0. The number of aliphatic hydroxyl groups excluding tert-OH is 1. The molecule has 3 amide bonds. The number of hydrogen-bond donors (Lipinski definition) is 3. The summed E-state index contributed by atoms with van der Waals surface area (Å²) in [5, 5.41) is 16.1. The van der Waals surface area contributed by atoms with E-state index in [1.807, 2.05) is 20.8 Å². The van der Waals surface area contributed by atoms with Gasteiger partial charge in [-0.15, -0.1) is 11.8 Å². The van der Waals surface area contributed by atoms with E-state index in [2.05, 4.69) is 24.5 Å². The topological polar surface area (TPSA) is 98.7 Å². The Hall–Kier alpha value is -1.28. The maximum Gasteiger partial charge on any atom is 0.244 e. The van der Waals surface area contributed by atoms with Crippen LogP contribution in [-0.4, -0.2) is 69.5 Å². The number of nitrogens with zero attached hydrogens (tertiary/aromatic N) is 1. The Kier molecular flexibility index (Phi) is 6.77. The predicted octanol–water partition coefficient (Wildman–Crippen LogP) is 1.39. The molecule has 8 atom stereocenters. The number of carbonyl (C=O) groups is 3. The first-order chi connectivity index (χ1) is 14.1. The van der Waals surface area contributed by atoms with E-state index in [0.29, 0.717) is 0 Å². The summed E-state index contributed by atoms with van der Waals surface area (Å²) in [6, 6.07) is -1.12. The molecule has 0 aromatic carbocycles. The smallest absolute Gasteiger partial charge is 0.244 e. The fraction of sp³-hybridized carbons (Fsp3) is 0.864. The van der Waals surface area contributed by atoms with E-state index in [-0.39, 0.29) is 47.5 Å². The Balaban J connectivity index is 2.08. The molecule has 3 aliphatic heterocycles. The second-order valence-electron chi connectivity index (χ2n) is 9.60. The summed E-state index contributed by atoms with van der Waals surface area (Å²) < 4.78 is -0.628. The standard InChI is InChI=1S/C22H37N3O4S/c1-7-8-13(5)24-20(28)18-22-12(4)9-15(30-22)16(19(27)23-6)17(22)21(29)25(18)14(10-26)11(2)3/h11-18,26H,7-10H2,1-6H3,(H,23,27)(H,24,28)/t12?,13?,14-,15-,16+,17-,18?,22?/m0/s1. The van der Waals surface area contributed by atoms with Crippen LogP contribution >= 0.6 is 11.8 Å². The molecule has 7 nitrogen and oxygen atoms in total. The highest BCUT2D eigenvalue weighted by atomic mass is 32.2. The van der Waals surface area contributed by atoms with E-state index in [9.17, 15) is 19.5 Å². The average Bonchev–Trinajstić information content (AvgIpc) is 3.26. The van der Waals surface area contributed by atoms with Crippen molar-refractivity contribution in [3.05, 3.63) is 0 Å². The van der Waals surface area contributed by atoms with Gasteiger partial charge in [-0.1, -0.05) is 34.1 Å². The Morgan fingerprint density at radius 1 is 1.30 bits per heavy atom. The summed E-state index contributed by atoms with van der Waals surface area (Å²) in [6.07, 6.45) is 2.64. The monoisotopic (exact) mass is 439 g/mol. The predicted molar refractivity (Wildman–Crippen MR) is 118 cm³/mol. The number of carbonyl (C=O) groups excluding carboxylic acids is 3. The Morgan fingerprint density at radius 3 is 2.50 bits per heavy atom. The lowest BCUT2D eigenvalue weighted by Crippen LogP contribution is -2.60. The van der Waals surface area contributed by atoms with Gasteiger partial charge in [0.15, 0.2) is 0 Å². The fourth-order valence-corrected chi connectivity index (χ4v) is 8.44. The minimum absolute atomic E-state index is 0.00602. The SMILES string of the molecule is CCCC(C)NC(=O)C1N([C@@H](CO)C(C)C)C(=O)[C@@H]2[C@H](C(=O)NC)[C@@H]3CC(C)C12S3. The molecule has 0 aromatic rings. The minimum atomic E-state index is -0.673. The van der Waals surface area contributed by atoms with E-state index in [1.54, 1.807) is 23.7 Å². The number of thioether (sulfide) groups is 1. The molecule has 0 aliphatic carbocycles. The second kappa shape index (κ2) is 8.69. The van der Waals surface area contributed by atoms with E-state index >= 15 is 0 Å². The molecule has 3 aliphatic rings. The largest absolute Gasteiger partial charge is 0.394 e. The number of amides is 3. The van der Waals surface area contributed by atoms with Crippen LogP contribution in [-0.2, 0) is 14.4 Å². The number of likely N-dealkylation sites (tertiary alicyclic amines) is 1. The zero-order chi connectivity index (χ0) is 22.4. The number of rotatable bonds is 8. The van der Waals surface area contributed by atoms with Gasteiger partial charge in [0, 0.05) is 18.3 Å². The van der Waals surface area contributed by atoms with Crippen molar-refractivity contribution < 1.29 is 19.5 Å². The summed E-state index contributed by atoms with van der Waals surface area (Å²) in [4.78, 5) is 41.9. The molecule has 0 aromatic heterocycles. The lowest BCUT2D eigenvalue weighted by molar-refractivity contribution is -0.143. The molecule has 3 saturated heterocycles. The Labute approximate surface area is 184 Å². The number of fused-ring (bicyclic) bond motifs is 1. The maximum atomic E-state index is 13.8. The van der Waals surface area contributed by atoms with Crippen LogP contribution in [0.4, 0.5) is 0 Å². The average molecular weight is 440 g/mol. The van der Waals surface area contributed by atoms with Crippen LogP contribution in [0.15, 0.2) is 0 Å². The van der Waals surface area contributed by atoms with Crippen LogP contribution in [0.1, 0.15) is 53.9 Å². The van der Waals surface area contributed by atoms with Crippen LogP contribution in [0.5, 0.6) is 0 Å². The third-order valence-corrected chi connectivity index (χ3v) is 9.48. The Bertz CT molecular complexity index is 702. The van der Waals surface area contributed by atoms with E-state index in [0.717, 1.165) is 19.3 Å². The van der Waals surface area contributed by atoms with Crippen molar-refractivity contribution in [2.24, 2.45) is 23.7 Å². The molecule has 0 radical (unpaired) electrons. The molecule has 1 spiro atoms. The molecule has 30 heavy (non-hydrogen) atoms. The molecule has 3 N–H and O–H groups in total. The molecule has 170 valence electrons. The number of aliphatic hydroxyl groups is 1. The third kappa shape index (κ3) is 3.34. The number of hydrogen-bond acceptors (Lipinski definition) is 5. The molecular formula is C22H37N3O4S. The van der Waals surface area contributed by atoms with Gasteiger partial charge in [0.05, 0.1) is 29.2 Å². The molecule has 3 rings (SSSR count). The summed E-state index contributed by atoms with van der Waals surface area (Å²) in [6.45, 7) is 9.88. The lowest BCUT2D eigenvalue weighted by Gasteiger charge is -2.41. The summed E-state index contributed by atoms with van der Waals surface area (Å²) >= 11 is 1.67. The highest BCUT2D eigenvalue weighted by molar-refractivity contribution is 8.02. The van der Waals surface area contributed by atoms with Gasteiger partial charge in [-0.3, -0.25) is 14.4 Å². The van der Waals surface area contributed by atoms with Gasteiger partial charge in [-0.05, 0) is 31.6 Å². The third-order valence-electron chi connectivity index (χ3n) is 7.41. The minimum Gasteiger partial charge on any atom is -0.394 e. The molecule has 0 saturated carbocycles. The zero-order valence-corrected chi connectivity index (χ0v) is 19.8. The van der Waals surface area contributed by atoms with Crippen molar-refractivity contribution in [2.45, 2.75) is 82.0 Å². The van der Waals surface area contributed by atoms with Crippen molar-refractivity contribution in [3.63, 3.8) is 0 Å². The molecule has 8 heteroatoms. The van der Waals surface area contributed by atoms with Crippen molar-refractivity contribution in [2.75, 3.05) is 13.7 Å². The Morgan fingerprint density at radius 2 is 1.97 bits per heavy atom. The van der Waals surface area contributed by atoms with E-state index < -0.39 is 28.7 Å². The molecular weight excluding hydrogens is 402 g/mol. The highest BCUT2D eigenvalue weighted by Gasteiger charge is 2.76. The number of nitrogens with one attached hydrogen (secondary N) is 2. The van der Waals surface area contributed by atoms with Crippen molar-refractivity contribution in [3.8, 4) is 0 Å². The normalized spacial score (nSPS) is 36.7. The highest BCUT2D eigenvalue weighted by Crippen LogP contribution is 2.68. The van der Waals surface area contributed by atoms with Gasteiger partial charge < -0.3 is 20.6 Å². The van der Waals surface area contributed by atoms with E-state index in [1.165, 1.54) is 0 Å². The van der Waals surface area contributed by atoms with Crippen LogP contribution in [0.3, 0.4) is 0 Å². The van der Waals surface area contributed by atoms with E-state index in [4.69, 9.17) is 0 Å². The molecule has 3 fully saturated rings. The van der Waals surface area contributed by atoms with Crippen molar-refractivity contribution in [1.29, 1.82) is 0 Å². The van der Waals surface area contributed by atoms with Crippen molar-refractivity contribution in [1.82, 2.24) is 15.5 Å². The molecule has 3 heterocycles. The van der Waals surface area contributed by atoms with Gasteiger partial charge in [0.2, 0.25) is 17.7 Å². The van der Waals surface area contributed by atoms with Gasteiger partial charge in [-0.2, -0.15) is 0 Å². The summed E-state index contributed by atoms with van der Waals surface area (Å²) in [5.74, 6) is -1.25. The molecule has 4 unspecified atom stereocenters. The van der Waals surface area contributed by atoms with Gasteiger partial charge >= 0.3 is 0 Å². The lowest BCUT2D eigenvalue weighted by atomic mass is 9.66. The van der Waals surface area contributed by atoms with Gasteiger partial charge in [-0.25, -0.2) is 0 Å². The van der Waals surface area contributed by atoms with Gasteiger partial charge in [0.1, 0.15) is 6.04 Å². The van der Waals surface area contributed by atoms with Gasteiger partial charge in [0.25, 0.3) is 0 Å². The first-order valence-corrected chi connectivity index (χ1v) is 12.2.